The van der Waals surface area contributed by atoms with Crippen LogP contribution in [0.15, 0.2) is 18.2 Å². The van der Waals surface area contributed by atoms with E-state index in [0.717, 1.165) is 6.07 Å². The normalized spacial score (nSPS) is 11.2. The Morgan fingerprint density at radius 1 is 1.50 bits per heavy atom. The van der Waals surface area contributed by atoms with E-state index in [-0.39, 0.29) is 28.3 Å². The van der Waals surface area contributed by atoms with Gasteiger partial charge in [0.05, 0.1) is 15.5 Å². The Hall–Kier alpha value is -1.66. The van der Waals surface area contributed by atoms with Crippen molar-refractivity contribution in [2.45, 2.75) is 20.3 Å². The number of amides is 1. The van der Waals surface area contributed by atoms with Crippen LogP contribution in [0, 0.1) is 15.5 Å². The van der Waals surface area contributed by atoms with Crippen LogP contribution in [-0.4, -0.2) is 29.1 Å². The molecule has 110 valence electrons. The second kappa shape index (κ2) is 6.67. The molecule has 0 radical (unpaired) electrons. The van der Waals surface area contributed by atoms with Gasteiger partial charge in [-0.25, -0.2) is 0 Å². The van der Waals surface area contributed by atoms with Crippen LogP contribution in [0.5, 0.6) is 0 Å². The third-order valence-electron chi connectivity index (χ3n) is 2.92. The highest BCUT2D eigenvalue weighted by molar-refractivity contribution is 6.34. The number of nitrogens with zero attached hydrogens (tertiary/aromatic N) is 1. The molecule has 1 amide bonds. The molecule has 0 aliphatic carbocycles. The fourth-order valence-corrected chi connectivity index (χ4v) is 1.87. The Balaban J connectivity index is 2.76. The minimum Gasteiger partial charge on any atom is -0.396 e. The van der Waals surface area contributed by atoms with Crippen molar-refractivity contribution >= 4 is 23.2 Å². The molecular weight excluding hydrogens is 284 g/mol. The topological polar surface area (TPSA) is 92.5 Å². The molecule has 1 aromatic carbocycles. The molecule has 0 fully saturated rings. The molecule has 6 nitrogen and oxygen atoms in total. The lowest BCUT2D eigenvalue weighted by Gasteiger charge is -2.23. The van der Waals surface area contributed by atoms with Gasteiger partial charge in [-0.15, -0.1) is 0 Å². The molecule has 0 aliphatic rings. The number of non-ortho nitro benzene ring substituents is 1. The SMILES string of the molecule is CC(C)(CCO)CNC(=O)c1ccc([N+](=O)[O-])cc1Cl. The van der Waals surface area contributed by atoms with Gasteiger partial charge in [0.1, 0.15) is 0 Å². The Morgan fingerprint density at radius 2 is 2.15 bits per heavy atom. The van der Waals surface area contributed by atoms with Crippen LogP contribution < -0.4 is 5.32 Å². The molecule has 0 aliphatic heterocycles. The van der Waals surface area contributed by atoms with Crippen LogP contribution in [0.25, 0.3) is 0 Å². The van der Waals surface area contributed by atoms with Gasteiger partial charge in [-0.2, -0.15) is 0 Å². The quantitative estimate of drug-likeness (QED) is 0.623. The molecule has 0 saturated carbocycles. The van der Waals surface area contributed by atoms with Crippen LogP contribution in [-0.2, 0) is 0 Å². The van der Waals surface area contributed by atoms with Gasteiger partial charge in [-0.05, 0) is 17.9 Å². The van der Waals surface area contributed by atoms with Crippen molar-refractivity contribution in [1.82, 2.24) is 5.32 Å². The summed E-state index contributed by atoms with van der Waals surface area (Å²) in [4.78, 5) is 22.0. The molecule has 0 atom stereocenters. The second-order valence-electron chi connectivity index (χ2n) is 5.24. The summed E-state index contributed by atoms with van der Waals surface area (Å²) in [5.74, 6) is -0.393. The number of carbonyl (C=O) groups excluding carboxylic acids is 1. The number of nitro benzene ring substituents is 1. The summed E-state index contributed by atoms with van der Waals surface area (Å²) >= 11 is 5.87. The van der Waals surface area contributed by atoms with E-state index in [1.165, 1.54) is 12.1 Å². The van der Waals surface area contributed by atoms with E-state index in [9.17, 15) is 14.9 Å². The van der Waals surface area contributed by atoms with Crippen molar-refractivity contribution in [3.63, 3.8) is 0 Å². The monoisotopic (exact) mass is 300 g/mol. The average Bonchev–Trinajstić information content (AvgIpc) is 2.35. The molecule has 0 unspecified atom stereocenters. The van der Waals surface area contributed by atoms with Crippen molar-refractivity contribution in [3.05, 3.63) is 38.9 Å². The van der Waals surface area contributed by atoms with E-state index in [0.29, 0.717) is 13.0 Å². The van der Waals surface area contributed by atoms with Gasteiger partial charge < -0.3 is 10.4 Å². The predicted octanol–water partition coefficient (Wildman–Crippen LogP) is 2.39. The first-order valence-corrected chi connectivity index (χ1v) is 6.47. The highest BCUT2D eigenvalue weighted by atomic mass is 35.5. The lowest BCUT2D eigenvalue weighted by Crippen LogP contribution is -2.34. The molecule has 2 N–H and O–H groups in total. The van der Waals surface area contributed by atoms with Gasteiger partial charge >= 0.3 is 0 Å². The van der Waals surface area contributed by atoms with Crippen LogP contribution in [0.4, 0.5) is 5.69 Å². The minimum absolute atomic E-state index is 0.0386. The minimum atomic E-state index is -0.572. The molecule has 1 aromatic rings. The third-order valence-corrected chi connectivity index (χ3v) is 3.24. The Bertz CT molecular complexity index is 517. The number of hydrogen-bond acceptors (Lipinski definition) is 4. The largest absolute Gasteiger partial charge is 0.396 e. The van der Waals surface area contributed by atoms with Gasteiger partial charge in [0, 0.05) is 25.3 Å². The molecule has 0 saturated heterocycles. The summed E-state index contributed by atoms with van der Waals surface area (Å²) < 4.78 is 0. The maximum absolute atomic E-state index is 12.0. The number of nitrogens with one attached hydrogen (secondary N) is 1. The molecule has 0 bridgehead atoms. The number of aliphatic hydroxyl groups excluding tert-OH is 1. The summed E-state index contributed by atoms with van der Waals surface area (Å²) in [6.45, 7) is 4.25. The Morgan fingerprint density at radius 3 is 2.65 bits per heavy atom. The fraction of sp³-hybridized carbons (Fsp3) is 0.462. The van der Waals surface area contributed by atoms with Crippen molar-refractivity contribution in [1.29, 1.82) is 0 Å². The van der Waals surface area contributed by atoms with Gasteiger partial charge in [0.15, 0.2) is 0 Å². The smallest absolute Gasteiger partial charge is 0.270 e. The maximum atomic E-state index is 12.0. The first kappa shape index (κ1) is 16.4. The maximum Gasteiger partial charge on any atom is 0.270 e. The number of rotatable bonds is 6. The van der Waals surface area contributed by atoms with Gasteiger partial charge in [-0.1, -0.05) is 25.4 Å². The Labute approximate surface area is 121 Å². The molecular formula is C13H17ClN2O4. The average molecular weight is 301 g/mol. The molecule has 0 heterocycles. The third kappa shape index (κ3) is 4.47. The number of hydrogen-bond donors (Lipinski definition) is 2. The molecule has 7 heteroatoms. The molecule has 1 rings (SSSR count). The predicted molar refractivity (Wildman–Crippen MR) is 75.9 cm³/mol. The van der Waals surface area contributed by atoms with Crippen LogP contribution in [0.3, 0.4) is 0 Å². The number of aliphatic hydroxyl groups is 1. The van der Waals surface area contributed by atoms with E-state index in [2.05, 4.69) is 5.32 Å². The van der Waals surface area contributed by atoms with Crippen LogP contribution >= 0.6 is 11.6 Å². The van der Waals surface area contributed by atoms with Crippen LogP contribution in [0.1, 0.15) is 30.6 Å². The number of halogens is 1. The zero-order chi connectivity index (χ0) is 15.3. The van der Waals surface area contributed by atoms with Gasteiger partial charge in [-0.3, -0.25) is 14.9 Å². The highest BCUT2D eigenvalue weighted by Crippen LogP contribution is 2.23. The van der Waals surface area contributed by atoms with Crippen molar-refractivity contribution in [3.8, 4) is 0 Å². The van der Waals surface area contributed by atoms with Gasteiger partial charge in [0.25, 0.3) is 11.6 Å². The standard InChI is InChI=1S/C13H17ClN2O4/c1-13(2,5-6-17)8-15-12(18)10-4-3-9(16(19)20)7-11(10)14/h3-4,7,17H,5-6,8H2,1-2H3,(H,15,18). The second-order valence-corrected chi connectivity index (χ2v) is 5.65. The van der Waals surface area contributed by atoms with E-state index in [1.807, 2.05) is 13.8 Å². The number of nitro groups is 1. The van der Waals surface area contributed by atoms with E-state index in [4.69, 9.17) is 16.7 Å². The van der Waals surface area contributed by atoms with Crippen LogP contribution in [0.2, 0.25) is 5.02 Å². The molecule has 0 aromatic heterocycles. The van der Waals surface area contributed by atoms with E-state index in [1.54, 1.807) is 0 Å². The lowest BCUT2D eigenvalue weighted by atomic mass is 9.89. The first-order chi connectivity index (χ1) is 9.26. The van der Waals surface area contributed by atoms with Crippen molar-refractivity contribution < 1.29 is 14.8 Å². The lowest BCUT2D eigenvalue weighted by molar-refractivity contribution is -0.384. The van der Waals surface area contributed by atoms with E-state index < -0.39 is 10.8 Å². The van der Waals surface area contributed by atoms with Gasteiger partial charge in [0.2, 0.25) is 0 Å². The zero-order valence-corrected chi connectivity index (χ0v) is 12.1. The number of carbonyl (C=O) groups is 1. The van der Waals surface area contributed by atoms with E-state index >= 15 is 0 Å². The summed E-state index contributed by atoms with van der Waals surface area (Å²) in [5.41, 5.74) is -0.207. The molecule has 20 heavy (non-hydrogen) atoms. The summed E-state index contributed by atoms with van der Waals surface area (Å²) in [7, 11) is 0. The summed E-state index contributed by atoms with van der Waals surface area (Å²) in [6, 6.07) is 3.71. The number of benzene rings is 1. The summed E-state index contributed by atoms with van der Waals surface area (Å²) in [5, 5.41) is 22.2. The van der Waals surface area contributed by atoms with Crippen molar-refractivity contribution in [2.24, 2.45) is 5.41 Å². The zero-order valence-electron chi connectivity index (χ0n) is 11.4. The van der Waals surface area contributed by atoms with Crippen molar-refractivity contribution in [2.75, 3.05) is 13.2 Å². The Kier molecular flexibility index (Phi) is 5.47. The summed E-state index contributed by atoms with van der Waals surface area (Å²) in [6.07, 6.45) is 0.557. The molecule has 0 spiro atoms. The fourth-order valence-electron chi connectivity index (χ4n) is 1.61. The first-order valence-electron chi connectivity index (χ1n) is 6.10. The highest BCUT2D eigenvalue weighted by Gasteiger charge is 2.20.